The first-order chi connectivity index (χ1) is 9.56. The Morgan fingerprint density at radius 2 is 2.05 bits per heavy atom. The Kier molecular flexibility index (Phi) is 2.79. The van der Waals surface area contributed by atoms with E-state index in [9.17, 15) is 9.90 Å². The summed E-state index contributed by atoms with van der Waals surface area (Å²) in [4.78, 5) is 16.1. The van der Waals surface area contributed by atoms with Crippen molar-refractivity contribution in [3.8, 4) is 11.4 Å². The van der Waals surface area contributed by atoms with Crippen LogP contribution in [0, 0.1) is 6.92 Å². The Morgan fingerprint density at radius 3 is 2.70 bits per heavy atom. The summed E-state index contributed by atoms with van der Waals surface area (Å²) in [6, 6.07) is 11.1. The first-order valence-electron chi connectivity index (χ1n) is 6.32. The van der Waals surface area contributed by atoms with Crippen molar-refractivity contribution in [2.24, 2.45) is 7.05 Å². The van der Waals surface area contributed by atoms with E-state index in [2.05, 4.69) is 4.98 Å². The van der Waals surface area contributed by atoms with E-state index in [0.717, 1.165) is 11.3 Å². The van der Waals surface area contributed by atoms with Gasteiger partial charge in [0.05, 0.1) is 22.5 Å². The lowest BCUT2D eigenvalue weighted by Crippen LogP contribution is -2.02. The van der Waals surface area contributed by atoms with Crippen LogP contribution in [0.2, 0.25) is 0 Å². The Hall–Kier alpha value is -2.62. The summed E-state index contributed by atoms with van der Waals surface area (Å²) in [5.74, 6) is -0.932. The molecular weight excluding hydrogens is 252 g/mol. The van der Waals surface area contributed by atoms with Gasteiger partial charge in [0, 0.05) is 18.6 Å². The average Bonchev–Trinajstić information content (AvgIpc) is 2.83. The van der Waals surface area contributed by atoms with Crippen LogP contribution in [0.1, 0.15) is 15.9 Å². The highest BCUT2D eigenvalue weighted by Gasteiger charge is 2.14. The van der Waals surface area contributed by atoms with Gasteiger partial charge in [-0.3, -0.25) is 0 Å². The van der Waals surface area contributed by atoms with Crippen molar-refractivity contribution in [2.45, 2.75) is 6.92 Å². The fourth-order valence-electron chi connectivity index (χ4n) is 2.37. The van der Waals surface area contributed by atoms with Gasteiger partial charge in [-0.25, -0.2) is 9.78 Å². The number of rotatable bonds is 2. The maximum Gasteiger partial charge on any atom is 0.336 e. The highest BCUT2D eigenvalue weighted by Crippen LogP contribution is 2.25. The normalized spacial score (nSPS) is 10.9. The zero-order valence-corrected chi connectivity index (χ0v) is 11.3. The van der Waals surface area contributed by atoms with Crippen LogP contribution in [0.4, 0.5) is 0 Å². The number of nitrogens with zero attached hydrogens (tertiary/aromatic N) is 2. The number of hydrogen-bond donors (Lipinski definition) is 1. The predicted molar refractivity (Wildman–Crippen MR) is 77.8 cm³/mol. The molecule has 2 aromatic heterocycles. The molecule has 0 spiro atoms. The zero-order chi connectivity index (χ0) is 14.3. The highest BCUT2D eigenvalue weighted by atomic mass is 16.4. The van der Waals surface area contributed by atoms with Gasteiger partial charge < -0.3 is 9.67 Å². The Labute approximate surface area is 116 Å². The molecule has 0 atom stereocenters. The lowest BCUT2D eigenvalue weighted by Gasteiger charge is -2.08. The second-order valence-corrected chi connectivity index (χ2v) is 4.89. The quantitative estimate of drug-likeness (QED) is 0.774. The summed E-state index contributed by atoms with van der Waals surface area (Å²) >= 11 is 0. The lowest BCUT2D eigenvalue weighted by atomic mass is 10.0. The van der Waals surface area contributed by atoms with E-state index in [1.54, 1.807) is 6.07 Å². The van der Waals surface area contributed by atoms with E-state index >= 15 is 0 Å². The molecule has 0 radical (unpaired) electrons. The second-order valence-electron chi connectivity index (χ2n) is 4.89. The molecule has 0 amide bonds. The van der Waals surface area contributed by atoms with Crippen molar-refractivity contribution in [3.63, 3.8) is 0 Å². The molecule has 4 heteroatoms. The molecule has 20 heavy (non-hydrogen) atoms. The minimum Gasteiger partial charge on any atom is -0.478 e. The van der Waals surface area contributed by atoms with Crippen LogP contribution in [0.3, 0.4) is 0 Å². The third-order valence-electron chi connectivity index (χ3n) is 3.40. The Morgan fingerprint density at radius 1 is 1.25 bits per heavy atom. The van der Waals surface area contributed by atoms with E-state index < -0.39 is 5.97 Å². The molecule has 0 aliphatic carbocycles. The monoisotopic (exact) mass is 266 g/mol. The van der Waals surface area contributed by atoms with Crippen molar-refractivity contribution in [3.05, 3.63) is 53.7 Å². The number of carboxylic acid groups (broad SMARTS) is 1. The van der Waals surface area contributed by atoms with E-state index in [4.69, 9.17) is 0 Å². The number of aryl methyl sites for hydroxylation is 2. The van der Waals surface area contributed by atoms with Gasteiger partial charge in [0.1, 0.15) is 0 Å². The number of carboxylic acids is 1. The summed E-state index contributed by atoms with van der Waals surface area (Å²) in [5, 5.41) is 10.1. The van der Waals surface area contributed by atoms with Crippen molar-refractivity contribution < 1.29 is 9.90 Å². The fourth-order valence-corrected chi connectivity index (χ4v) is 2.37. The number of pyridine rings is 1. The summed E-state index contributed by atoms with van der Waals surface area (Å²) in [6.45, 7) is 1.94. The number of aromatic nitrogens is 2. The molecule has 0 aliphatic heterocycles. The Bertz CT molecular complexity index is 818. The minimum atomic E-state index is -0.932. The van der Waals surface area contributed by atoms with Gasteiger partial charge in [-0.2, -0.15) is 0 Å². The number of benzene rings is 1. The summed E-state index contributed by atoms with van der Waals surface area (Å²) < 4.78 is 1.92. The molecule has 100 valence electrons. The number of hydrogen-bond acceptors (Lipinski definition) is 2. The van der Waals surface area contributed by atoms with Crippen LogP contribution < -0.4 is 0 Å². The third kappa shape index (κ3) is 1.95. The van der Waals surface area contributed by atoms with E-state index in [-0.39, 0.29) is 5.56 Å². The molecule has 0 aliphatic rings. The van der Waals surface area contributed by atoms with E-state index in [1.165, 1.54) is 0 Å². The molecule has 3 rings (SSSR count). The second kappa shape index (κ2) is 4.49. The predicted octanol–water partition coefficient (Wildman–Crippen LogP) is 3.25. The largest absolute Gasteiger partial charge is 0.478 e. The van der Waals surface area contributed by atoms with Gasteiger partial charge in [0.25, 0.3) is 0 Å². The molecule has 0 saturated heterocycles. The molecule has 0 unspecified atom stereocenters. The molecule has 1 N–H and O–H groups in total. The fraction of sp³-hybridized carbons (Fsp3) is 0.125. The first kappa shape index (κ1) is 12.4. The Balaban J connectivity index is 2.34. The van der Waals surface area contributed by atoms with Gasteiger partial charge in [0.15, 0.2) is 0 Å². The summed E-state index contributed by atoms with van der Waals surface area (Å²) in [6.07, 6.45) is 1.91. The van der Waals surface area contributed by atoms with Crippen molar-refractivity contribution >= 4 is 16.9 Å². The summed E-state index contributed by atoms with van der Waals surface area (Å²) in [7, 11) is 1.91. The standard InChI is InChI=1S/C16H14N2O2/c1-10-5-6-13-11(8-10)12(16(19)20)9-14(17-13)15-4-3-7-18(15)2/h3-9H,1-2H3,(H,19,20). The molecule has 0 bridgehead atoms. The summed E-state index contributed by atoms with van der Waals surface area (Å²) in [5.41, 5.74) is 3.58. The van der Waals surface area contributed by atoms with Crippen LogP contribution in [-0.4, -0.2) is 20.6 Å². The highest BCUT2D eigenvalue weighted by molar-refractivity contribution is 6.03. The van der Waals surface area contributed by atoms with Crippen LogP contribution in [0.25, 0.3) is 22.3 Å². The smallest absolute Gasteiger partial charge is 0.336 e. The van der Waals surface area contributed by atoms with Crippen LogP contribution >= 0.6 is 0 Å². The average molecular weight is 266 g/mol. The van der Waals surface area contributed by atoms with Gasteiger partial charge in [-0.05, 0) is 37.3 Å². The molecule has 0 fully saturated rings. The van der Waals surface area contributed by atoms with Gasteiger partial charge in [-0.1, -0.05) is 11.6 Å². The van der Waals surface area contributed by atoms with Gasteiger partial charge in [-0.15, -0.1) is 0 Å². The topological polar surface area (TPSA) is 55.1 Å². The third-order valence-corrected chi connectivity index (χ3v) is 3.40. The zero-order valence-electron chi connectivity index (χ0n) is 11.3. The van der Waals surface area contributed by atoms with E-state index in [1.807, 2.05) is 55.1 Å². The minimum absolute atomic E-state index is 0.287. The molecule has 1 aromatic carbocycles. The maximum absolute atomic E-state index is 11.5. The molecular formula is C16H14N2O2. The molecule has 3 aromatic rings. The SMILES string of the molecule is Cc1ccc2nc(-c3cccn3C)cc(C(=O)O)c2c1. The molecule has 4 nitrogen and oxygen atoms in total. The lowest BCUT2D eigenvalue weighted by molar-refractivity contribution is 0.0699. The number of carbonyl (C=O) groups is 1. The van der Waals surface area contributed by atoms with Crippen molar-refractivity contribution in [1.82, 2.24) is 9.55 Å². The van der Waals surface area contributed by atoms with Crippen LogP contribution in [0.5, 0.6) is 0 Å². The number of fused-ring (bicyclic) bond motifs is 1. The van der Waals surface area contributed by atoms with E-state index in [0.29, 0.717) is 16.6 Å². The van der Waals surface area contributed by atoms with Crippen molar-refractivity contribution in [1.29, 1.82) is 0 Å². The van der Waals surface area contributed by atoms with Crippen LogP contribution in [-0.2, 0) is 7.05 Å². The molecule has 0 saturated carbocycles. The molecule has 2 heterocycles. The maximum atomic E-state index is 11.5. The van der Waals surface area contributed by atoms with Crippen molar-refractivity contribution in [2.75, 3.05) is 0 Å². The first-order valence-corrected chi connectivity index (χ1v) is 6.32. The van der Waals surface area contributed by atoms with Gasteiger partial charge >= 0.3 is 5.97 Å². The van der Waals surface area contributed by atoms with Gasteiger partial charge in [0.2, 0.25) is 0 Å². The number of aromatic carboxylic acids is 1. The van der Waals surface area contributed by atoms with Crippen LogP contribution in [0.15, 0.2) is 42.6 Å².